The van der Waals surface area contributed by atoms with Crippen molar-refractivity contribution < 1.29 is 19.3 Å². The van der Waals surface area contributed by atoms with Gasteiger partial charge in [0.15, 0.2) is 11.5 Å². The minimum atomic E-state index is -0.409. The minimum absolute atomic E-state index is 0.275. The number of fused-ring (bicyclic) bond motifs is 1. The fourth-order valence-corrected chi connectivity index (χ4v) is 2.93. The Hall–Kier alpha value is -2.24. The van der Waals surface area contributed by atoms with Crippen LogP contribution in [0.15, 0.2) is 42.5 Å². The molecule has 2 aromatic rings. The van der Waals surface area contributed by atoms with E-state index in [1.54, 1.807) is 14.0 Å². The molecule has 3 rings (SSSR count). The standard InChI is InChI=1S/C19H23NO4/c1-14(21)10-20(12-16-5-3-4-6-17(16)22-2)11-15-7-8-18-19(9-15)24-13-23-18/h3-9,14,21H,10-13H2,1-2H3. The molecule has 24 heavy (non-hydrogen) atoms. The van der Waals surface area contributed by atoms with Gasteiger partial charge in [-0.15, -0.1) is 0 Å². The third kappa shape index (κ3) is 3.99. The van der Waals surface area contributed by atoms with Crippen LogP contribution in [0.25, 0.3) is 0 Å². The number of aliphatic hydroxyl groups is 1. The van der Waals surface area contributed by atoms with Crippen molar-refractivity contribution in [2.24, 2.45) is 0 Å². The van der Waals surface area contributed by atoms with E-state index in [9.17, 15) is 5.11 Å². The van der Waals surface area contributed by atoms with E-state index in [2.05, 4.69) is 4.90 Å². The molecule has 0 fully saturated rings. The van der Waals surface area contributed by atoms with Crippen LogP contribution in [0.2, 0.25) is 0 Å². The van der Waals surface area contributed by atoms with Gasteiger partial charge in [0.05, 0.1) is 13.2 Å². The molecule has 1 unspecified atom stereocenters. The number of hydrogen-bond donors (Lipinski definition) is 1. The van der Waals surface area contributed by atoms with E-state index in [0.717, 1.165) is 28.4 Å². The summed E-state index contributed by atoms with van der Waals surface area (Å²) in [6.45, 7) is 4.06. The summed E-state index contributed by atoms with van der Waals surface area (Å²) >= 11 is 0. The molecule has 0 saturated heterocycles. The van der Waals surface area contributed by atoms with Crippen molar-refractivity contribution in [3.05, 3.63) is 53.6 Å². The molecule has 128 valence electrons. The molecule has 0 radical (unpaired) electrons. The van der Waals surface area contributed by atoms with E-state index in [4.69, 9.17) is 14.2 Å². The van der Waals surface area contributed by atoms with Crippen LogP contribution in [0.4, 0.5) is 0 Å². The van der Waals surface area contributed by atoms with Crippen LogP contribution in [0.1, 0.15) is 18.1 Å². The maximum Gasteiger partial charge on any atom is 0.231 e. The van der Waals surface area contributed by atoms with Gasteiger partial charge in [-0.1, -0.05) is 24.3 Å². The Labute approximate surface area is 142 Å². The zero-order valence-electron chi connectivity index (χ0n) is 14.1. The van der Waals surface area contributed by atoms with E-state index in [1.165, 1.54) is 0 Å². The number of para-hydroxylation sites is 1. The zero-order chi connectivity index (χ0) is 16.9. The first-order valence-corrected chi connectivity index (χ1v) is 8.06. The summed E-state index contributed by atoms with van der Waals surface area (Å²) in [5.41, 5.74) is 2.22. The monoisotopic (exact) mass is 329 g/mol. The van der Waals surface area contributed by atoms with Crippen LogP contribution in [-0.4, -0.2) is 36.6 Å². The molecule has 0 aromatic heterocycles. The number of aliphatic hydroxyl groups excluding tert-OH is 1. The van der Waals surface area contributed by atoms with Gasteiger partial charge in [-0.2, -0.15) is 0 Å². The van der Waals surface area contributed by atoms with Crippen molar-refractivity contribution in [2.45, 2.75) is 26.1 Å². The second kappa shape index (κ2) is 7.55. The molecule has 0 aliphatic carbocycles. The van der Waals surface area contributed by atoms with E-state index in [-0.39, 0.29) is 6.79 Å². The summed E-state index contributed by atoms with van der Waals surface area (Å²) < 4.78 is 16.2. The second-order valence-electron chi connectivity index (χ2n) is 6.02. The van der Waals surface area contributed by atoms with Crippen molar-refractivity contribution in [2.75, 3.05) is 20.4 Å². The van der Waals surface area contributed by atoms with Gasteiger partial charge in [-0.05, 0) is 30.7 Å². The predicted octanol–water partition coefficient (Wildman–Crippen LogP) is 2.81. The molecule has 5 nitrogen and oxygen atoms in total. The Morgan fingerprint density at radius 1 is 1.12 bits per heavy atom. The molecule has 0 bridgehead atoms. The summed E-state index contributed by atoms with van der Waals surface area (Å²) in [6.07, 6.45) is -0.409. The molecule has 1 N–H and O–H groups in total. The number of benzene rings is 2. The summed E-state index contributed by atoms with van der Waals surface area (Å²) in [5.74, 6) is 2.42. The molecule has 1 aliphatic heterocycles. The van der Waals surface area contributed by atoms with Gasteiger partial charge < -0.3 is 19.3 Å². The lowest BCUT2D eigenvalue weighted by molar-refractivity contribution is 0.117. The molecule has 5 heteroatoms. The Morgan fingerprint density at radius 2 is 1.92 bits per heavy atom. The summed E-state index contributed by atoms with van der Waals surface area (Å²) in [6, 6.07) is 13.9. The average Bonchev–Trinajstić information content (AvgIpc) is 3.02. The quantitative estimate of drug-likeness (QED) is 0.846. The fourth-order valence-electron chi connectivity index (χ4n) is 2.93. The van der Waals surface area contributed by atoms with E-state index >= 15 is 0 Å². The van der Waals surface area contributed by atoms with E-state index in [1.807, 2.05) is 42.5 Å². The maximum atomic E-state index is 9.84. The van der Waals surface area contributed by atoms with Crippen molar-refractivity contribution in [3.63, 3.8) is 0 Å². The number of ether oxygens (including phenoxy) is 3. The highest BCUT2D eigenvalue weighted by atomic mass is 16.7. The fraction of sp³-hybridized carbons (Fsp3) is 0.368. The molecule has 0 amide bonds. The van der Waals surface area contributed by atoms with Gasteiger partial charge in [0.1, 0.15) is 5.75 Å². The Kier molecular flexibility index (Phi) is 5.23. The molecule has 1 atom stereocenters. The van der Waals surface area contributed by atoms with Crippen molar-refractivity contribution in [1.29, 1.82) is 0 Å². The van der Waals surface area contributed by atoms with E-state index < -0.39 is 6.10 Å². The lowest BCUT2D eigenvalue weighted by Crippen LogP contribution is -2.30. The van der Waals surface area contributed by atoms with Crippen LogP contribution >= 0.6 is 0 Å². The zero-order valence-corrected chi connectivity index (χ0v) is 14.1. The number of rotatable bonds is 7. The van der Waals surface area contributed by atoms with Gasteiger partial charge in [0.2, 0.25) is 6.79 Å². The molecular formula is C19H23NO4. The summed E-state index contributed by atoms with van der Waals surface area (Å²) in [4.78, 5) is 2.19. The van der Waals surface area contributed by atoms with Crippen LogP contribution in [0, 0.1) is 0 Å². The SMILES string of the molecule is COc1ccccc1CN(Cc1ccc2c(c1)OCO2)CC(C)O. The maximum absolute atomic E-state index is 9.84. The third-order valence-electron chi connectivity index (χ3n) is 3.95. The molecule has 0 saturated carbocycles. The molecule has 0 spiro atoms. The van der Waals surface area contributed by atoms with Gasteiger partial charge in [-0.3, -0.25) is 4.90 Å². The van der Waals surface area contributed by atoms with Crippen LogP contribution in [0.5, 0.6) is 17.2 Å². The minimum Gasteiger partial charge on any atom is -0.496 e. The van der Waals surface area contributed by atoms with Crippen LogP contribution < -0.4 is 14.2 Å². The number of nitrogens with zero attached hydrogens (tertiary/aromatic N) is 1. The van der Waals surface area contributed by atoms with Gasteiger partial charge in [0, 0.05) is 25.2 Å². The highest BCUT2D eigenvalue weighted by molar-refractivity contribution is 5.44. The number of hydrogen-bond acceptors (Lipinski definition) is 5. The van der Waals surface area contributed by atoms with Gasteiger partial charge in [-0.25, -0.2) is 0 Å². The average molecular weight is 329 g/mol. The number of methoxy groups -OCH3 is 1. The smallest absolute Gasteiger partial charge is 0.231 e. The Balaban J connectivity index is 1.76. The van der Waals surface area contributed by atoms with Crippen LogP contribution in [0.3, 0.4) is 0 Å². The van der Waals surface area contributed by atoms with Crippen molar-refractivity contribution in [1.82, 2.24) is 4.90 Å². The first kappa shape index (κ1) is 16.6. The predicted molar refractivity (Wildman–Crippen MR) is 91.4 cm³/mol. The topological polar surface area (TPSA) is 51.2 Å². The largest absolute Gasteiger partial charge is 0.496 e. The second-order valence-corrected chi connectivity index (χ2v) is 6.02. The Bertz CT molecular complexity index is 687. The first-order valence-electron chi connectivity index (χ1n) is 8.06. The molecule has 1 aliphatic rings. The van der Waals surface area contributed by atoms with Gasteiger partial charge >= 0.3 is 0 Å². The first-order chi connectivity index (χ1) is 11.7. The normalized spacial score (nSPS) is 14.0. The highest BCUT2D eigenvalue weighted by Crippen LogP contribution is 2.33. The third-order valence-corrected chi connectivity index (χ3v) is 3.95. The van der Waals surface area contributed by atoms with Crippen molar-refractivity contribution >= 4 is 0 Å². The van der Waals surface area contributed by atoms with Gasteiger partial charge in [0.25, 0.3) is 0 Å². The summed E-state index contributed by atoms with van der Waals surface area (Å²) in [5, 5.41) is 9.84. The molecule has 2 aromatic carbocycles. The Morgan fingerprint density at radius 3 is 2.71 bits per heavy atom. The molecule has 1 heterocycles. The molecular weight excluding hydrogens is 306 g/mol. The van der Waals surface area contributed by atoms with Crippen LogP contribution in [-0.2, 0) is 13.1 Å². The van der Waals surface area contributed by atoms with Crippen molar-refractivity contribution in [3.8, 4) is 17.2 Å². The van der Waals surface area contributed by atoms with E-state index in [0.29, 0.717) is 19.6 Å². The highest BCUT2D eigenvalue weighted by Gasteiger charge is 2.16. The summed E-state index contributed by atoms with van der Waals surface area (Å²) in [7, 11) is 1.68. The lowest BCUT2D eigenvalue weighted by Gasteiger charge is -2.25. The lowest BCUT2D eigenvalue weighted by atomic mass is 10.1.